The van der Waals surface area contributed by atoms with Gasteiger partial charge in [-0.15, -0.1) is 0 Å². The molecule has 0 radical (unpaired) electrons. The van der Waals surface area contributed by atoms with Crippen LogP contribution in [0.15, 0.2) is 18.2 Å². The molecule has 19 heavy (non-hydrogen) atoms. The van der Waals surface area contributed by atoms with Gasteiger partial charge in [0, 0.05) is 36.8 Å². The summed E-state index contributed by atoms with van der Waals surface area (Å²) in [5, 5.41) is 16.7. The van der Waals surface area contributed by atoms with Gasteiger partial charge < -0.3 is 15.4 Å². The number of nitrogens with one attached hydrogen (secondary N) is 2. The maximum absolute atomic E-state index is 11.1. The minimum atomic E-state index is -0.462. The minimum absolute atomic E-state index is 0.0262. The molecular formula is C12H15N3O4. The summed E-state index contributed by atoms with van der Waals surface area (Å²) < 4.78 is 5.04. The standard InChI is InChI=1S/C12H15N3O4/c1-19-11-5-9(4-10(6-11)15(17)18)14-8-2-3-12(16)13-7-8/h4-6,8,14H,2-3,7H2,1H3,(H,13,16). The van der Waals surface area contributed by atoms with Crippen molar-refractivity contribution in [3.05, 3.63) is 28.3 Å². The maximum Gasteiger partial charge on any atom is 0.275 e. The Morgan fingerprint density at radius 2 is 2.26 bits per heavy atom. The van der Waals surface area contributed by atoms with Gasteiger partial charge in [-0.2, -0.15) is 0 Å². The van der Waals surface area contributed by atoms with Gasteiger partial charge in [-0.05, 0) is 6.42 Å². The van der Waals surface area contributed by atoms with Crippen LogP contribution in [-0.2, 0) is 4.79 Å². The van der Waals surface area contributed by atoms with E-state index in [4.69, 9.17) is 4.74 Å². The normalized spacial score (nSPS) is 18.6. The first kappa shape index (κ1) is 13.1. The van der Waals surface area contributed by atoms with Crippen LogP contribution in [0, 0.1) is 10.1 Å². The predicted octanol–water partition coefficient (Wildman–Crippen LogP) is 1.29. The topological polar surface area (TPSA) is 93.5 Å². The van der Waals surface area contributed by atoms with Crippen LogP contribution in [0.25, 0.3) is 0 Å². The van der Waals surface area contributed by atoms with Gasteiger partial charge in [-0.3, -0.25) is 14.9 Å². The lowest BCUT2D eigenvalue weighted by atomic mass is 10.1. The molecule has 102 valence electrons. The zero-order valence-corrected chi connectivity index (χ0v) is 10.5. The molecule has 1 aromatic carbocycles. The van der Waals surface area contributed by atoms with Gasteiger partial charge in [0.05, 0.1) is 18.1 Å². The number of nitro benzene ring substituents is 1. The van der Waals surface area contributed by atoms with Crippen molar-refractivity contribution in [3.8, 4) is 5.75 Å². The van der Waals surface area contributed by atoms with Gasteiger partial charge >= 0.3 is 0 Å². The van der Waals surface area contributed by atoms with Crippen molar-refractivity contribution in [2.24, 2.45) is 0 Å². The summed E-state index contributed by atoms with van der Waals surface area (Å²) in [5.74, 6) is 0.464. The second kappa shape index (κ2) is 5.55. The highest BCUT2D eigenvalue weighted by Gasteiger charge is 2.19. The van der Waals surface area contributed by atoms with Crippen LogP contribution in [0.2, 0.25) is 0 Å². The van der Waals surface area contributed by atoms with Crippen LogP contribution in [0.5, 0.6) is 5.75 Å². The number of carbonyl (C=O) groups excluding carboxylic acids is 1. The number of hydrogen-bond acceptors (Lipinski definition) is 5. The smallest absolute Gasteiger partial charge is 0.275 e. The number of benzene rings is 1. The minimum Gasteiger partial charge on any atom is -0.496 e. The molecule has 2 N–H and O–H groups in total. The Labute approximate surface area is 110 Å². The van der Waals surface area contributed by atoms with Gasteiger partial charge in [0.15, 0.2) is 0 Å². The molecule has 7 nitrogen and oxygen atoms in total. The van der Waals surface area contributed by atoms with E-state index in [1.807, 2.05) is 0 Å². The molecule has 1 amide bonds. The number of nitro groups is 1. The summed E-state index contributed by atoms with van der Waals surface area (Å²) in [6, 6.07) is 4.60. The monoisotopic (exact) mass is 265 g/mol. The Bertz CT molecular complexity index is 494. The van der Waals surface area contributed by atoms with E-state index in [9.17, 15) is 14.9 Å². The Morgan fingerprint density at radius 3 is 2.84 bits per heavy atom. The third-order valence-electron chi connectivity index (χ3n) is 2.97. The molecule has 0 aliphatic carbocycles. The van der Waals surface area contributed by atoms with Crippen LogP contribution in [0.1, 0.15) is 12.8 Å². The summed E-state index contributed by atoms with van der Waals surface area (Å²) in [7, 11) is 1.46. The van der Waals surface area contributed by atoms with Crippen molar-refractivity contribution in [2.75, 3.05) is 19.0 Å². The molecule has 1 unspecified atom stereocenters. The van der Waals surface area contributed by atoms with Gasteiger partial charge in [0.2, 0.25) is 5.91 Å². The lowest BCUT2D eigenvalue weighted by Crippen LogP contribution is -2.41. The van der Waals surface area contributed by atoms with E-state index in [-0.39, 0.29) is 17.6 Å². The lowest BCUT2D eigenvalue weighted by molar-refractivity contribution is -0.384. The summed E-state index contributed by atoms with van der Waals surface area (Å²) in [4.78, 5) is 21.4. The first-order valence-corrected chi connectivity index (χ1v) is 5.95. The number of nitrogens with zero attached hydrogens (tertiary/aromatic N) is 1. The second-order valence-electron chi connectivity index (χ2n) is 4.36. The molecule has 0 bridgehead atoms. The Balaban J connectivity index is 2.12. The highest BCUT2D eigenvalue weighted by atomic mass is 16.6. The van der Waals surface area contributed by atoms with Crippen molar-refractivity contribution in [2.45, 2.75) is 18.9 Å². The predicted molar refractivity (Wildman–Crippen MR) is 69.3 cm³/mol. The first-order valence-electron chi connectivity index (χ1n) is 5.95. The van der Waals surface area contributed by atoms with Crippen molar-refractivity contribution < 1.29 is 14.5 Å². The molecule has 1 aliphatic rings. The molecule has 1 heterocycles. The van der Waals surface area contributed by atoms with Crippen LogP contribution < -0.4 is 15.4 Å². The zero-order chi connectivity index (χ0) is 13.8. The first-order chi connectivity index (χ1) is 9.08. The van der Waals surface area contributed by atoms with Crippen LogP contribution in [0.4, 0.5) is 11.4 Å². The van der Waals surface area contributed by atoms with E-state index in [1.165, 1.54) is 19.2 Å². The van der Waals surface area contributed by atoms with E-state index in [0.29, 0.717) is 30.8 Å². The van der Waals surface area contributed by atoms with E-state index >= 15 is 0 Å². The molecule has 1 atom stereocenters. The van der Waals surface area contributed by atoms with Gasteiger partial charge in [0.1, 0.15) is 5.75 Å². The number of non-ortho nitro benzene ring substituents is 1. The molecule has 7 heteroatoms. The Kier molecular flexibility index (Phi) is 3.84. The van der Waals surface area contributed by atoms with Crippen molar-refractivity contribution >= 4 is 17.3 Å². The summed E-state index contributed by atoms with van der Waals surface area (Å²) >= 11 is 0. The van der Waals surface area contributed by atoms with Crippen LogP contribution in [-0.4, -0.2) is 30.5 Å². The average molecular weight is 265 g/mol. The quantitative estimate of drug-likeness (QED) is 0.632. The number of anilines is 1. The maximum atomic E-state index is 11.1. The molecule has 1 fully saturated rings. The van der Waals surface area contributed by atoms with Gasteiger partial charge in [0.25, 0.3) is 5.69 Å². The highest BCUT2D eigenvalue weighted by Crippen LogP contribution is 2.26. The average Bonchev–Trinajstić information content (AvgIpc) is 2.41. The number of ether oxygens (including phenoxy) is 1. The Morgan fingerprint density at radius 1 is 1.47 bits per heavy atom. The van der Waals surface area contributed by atoms with Crippen molar-refractivity contribution in [1.82, 2.24) is 5.32 Å². The van der Waals surface area contributed by atoms with E-state index in [0.717, 1.165) is 0 Å². The lowest BCUT2D eigenvalue weighted by Gasteiger charge is -2.24. The molecule has 0 saturated carbocycles. The van der Waals surface area contributed by atoms with Crippen LogP contribution in [0.3, 0.4) is 0 Å². The van der Waals surface area contributed by atoms with Crippen molar-refractivity contribution in [3.63, 3.8) is 0 Å². The summed E-state index contributed by atoms with van der Waals surface area (Å²) in [6.07, 6.45) is 1.17. The number of piperidine rings is 1. The highest BCUT2D eigenvalue weighted by molar-refractivity contribution is 5.77. The van der Waals surface area contributed by atoms with E-state index < -0.39 is 4.92 Å². The van der Waals surface area contributed by atoms with Crippen LogP contribution >= 0.6 is 0 Å². The number of carbonyl (C=O) groups is 1. The van der Waals surface area contributed by atoms with Gasteiger partial charge in [-0.25, -0.2) is 0 Å². The molecule has 1 saturated heterocycles. The fourth-order valence-electron chi connectivity index (χ4n) is 1.98. The SMILES string of the molecule is COc1cc(NC2CCC(=O)NC2)cc([N+](=O)[O-])c1. The molecule has 0 aromatic heterocycles. The molecule has 1 aliphatic heterocycles. The molecule has 1 aromatic rings. The van der Waals surface area contributed by atoms with Crippen molar-refractivity contribution in [1.29, 1.82) is 0 Å². The molecule has 2 rings (SSSR count). The number of methoxy groups -OCH3 is 1. The molecule has 0 spiro atoms. The van der Waals surface area contributed by atoms with E-state index in [1.54, 1.807) is 6.07 Å². The largest absolute Gasteiger partial charge is 0.496 e. The fraction of sp³-hybridized carbons (Fsp3) is 0.417. The third kappa shape index (κ3) is 3.34. The van der Waals surface area contributed by atoms with E-state index in [2.05, 4.69) is 10.6 Å². The third-order valence-corrected chi connectivity index (χ3v) is 2.97. The summed E-state index contributed by atoms with van der Waals surface area (Å²) in [5.41, 5.74) is 0.592. The fourth-order valence-corrected chi connectivity index (χ4v) is 1.98. The zero-order valence-electron chi connectivity index (χ0n) is 10.5. The second-order valence-corrected chi connectivity index (χ2v) is 4.36. The Hall–Kier alpha value is -2.31. The molecular weight excluding hydrogens is 250 g/mol. The van der Waals surface area contributed by atoms with Gasteiger partial charge in [-0.1, -0.05) is 0 Å². The number of amides is 1. The number of hydrogen-bond donors (Lipinski definition) is 2. The number of rotatable bonds is 4. The summed E-state index contributed by atoms with van der Waals surface area (Å²) in [6.45, 7) is 0.518.